The molecular weight excluding hydrogens is 202 g/mol. The number of carbonyl (C=O) groups excluding carboxylic acids is 1. The summed E-state index contributed by atoms with van der Waals surface area (Å²) in [5, 5.41) is 5.99. The van der Waals surface area contributed by atoms with Crippen molar-refractivity contribution < 1.29 is 4.79 Å². The van der Waals surface area contributed by atoms with Gasteiger partial charge in [-0.05, 0) is 37.0 Å². The number of carbonyl (C=O) groups is 1. The molecule has 0 atom stereocenters. The summed E-state index contributed by atoms with van der Waals surface area (Å²) >= 11 is 0. The number of anilines is 2. The van der Waals surface area contributed by atoms with Gasteiger partial charge in [-0.15, -0.1) is 0 Å². The van der Waals surface area contributed by atoms with Gasteiger partial charge in [-0.1, -0.05) is 13.0 Å². The lowest BCUT2D eigenvalue weighted by molar-refractivity contribution is 0.259. The summed E-state index contributed by atoms with van der Waals surface area (Å²) in [5.41, 5.74) is 6.82. The van der Waals surface area contributed by atoms with Crippen molar-refractivity contribution in [2.45, 2.75) is 25.8 Å². The third-order valence-electron chi connectivity index (χ3n) is 2.87. The number of amides is 2. The molecular formula is C12H17N3O. The van der Waals surface area contributed by atoms with Crippen LogP contribution in [0.15, 0.2) is 24.3 Å². The number of hydrogen-bond acceptors (Lipinski definition) is 2. The van der Waals surface area contributed by atoms with Crippen LogP contribution in [0.1, 0.15) is 19.8 Å². The van der Waals surface area contributed by atoms with E-state index in [-0.39, 0.29) is 0 Å². The summed E-state index contributed by atoms with van der Waals surface area (Å²) in [4.78, 5) is 10.7. The first-order valence-electron chi connectivity index (χ1n) is 5.56. The van der Waals surface area contributed by atoms with E-state index >= 15 is 0 Å². The number of benzene rings is 1. The van der Waals surface area contributed by atoms with Gasteiger partial charge in [0.15, 0.2) is 0 Å². The van der Waals surface area contributed by atoms with Gasteiger partial charge in [0, 0.05) is 17.4 Å². The molecule has 0 aliphatic heterocycles. The fourth-order valence-corrected chi connectivity index (χ4v) is 2.08. The highest BCUT2D eigenvalue weighted by Crippen LogP contribution is 2.29. The second kappa shape index (κ2) is 4.43. The molecule has 4 N–H and O–H groups in total. The zero-order valence-electron chi connectivity index (χ0n) is 9.36. The molecule has 2 rings (SSSR count). The number of hydrogen-bond donors (Lipinski definition) is 3. The van der Waals surface area contributed by atoms with E-state index in [1.165, 1.54) is 12.8 Å². The lowest BCUT2D eigenvalue weighted by Crippen LogP contribution is -2.33. The highest BCUT2D eigenvalue weighted by atomic mass is 16.2. The van der Waals surface area contributed by atoms with Crippen LogP contribution in [0.25, 0.3) is 0 Å². The fraction of sp³-hybridized carbons (Fsp3) is 0.417. The molecule has 0 bridgehead atoms. The molecule has 86 valence electrons. The summed E-state index contributed by atoms with van der Waals surface area (Å²) in [6.45, 7) is 2.25. The average Bonchev–Trinajstić information content (AvgIpc) is 2.15. The molecule has 2 amide bonds. The Morgan fingerprint density at radius 1 is 1.38 bits per heavy atom. The molecule has 0 saturated heterocycles. The number of primary amides is 1. The van der Waals surface area contributed by atoms with Gasteiger partial charge < -0.3 is 16.4 Å². The minimum atomic E-state index is -0.533. The Morgan fingerprint density at radius 3 is 2.69 bits per heavy atom. The predicted molar refractivity (Wildman–Crippen MR) is 65.5 cm³/mol. The Balaban J connectivity index is 1.96. The number of rotatable bonds is 3. The summed E-state index contributed by atoms with van der Waals surface area (Å²) in [7, 11) is 0. The standard InChI is InChI=1S/C12H17N3O/c1-8-5-11(6-8)14-9-3-2-4-10(7-9)15-12(13)16/h2-4,7-8,11,14H,5-6H2,1H3,(H3,13,15,16). The summed E-state index contributed by atoms with van der Waals surface area (Å²) < 4.78 is 0. The van der Waals surface area contributed by atoms with Crippen molar-refractivity contribution in [1.82, 2.24) is 0 Å². The van der Waals surface area contributed by atoms with Crippen molar-refractivity contribution in [3.63, 3.8) is 0 Å². The first-order valence-corrected chi connectivity index (χ1v) is 5.56. The van der Waals surface area contributed by atoms with E-state index in [4.69, 9.17) is 5.73 Å². The molecule has 0 heterocycles. The van der Waals surface area contributed by atoms with E-state index in [1.54, 1.807) is 0 Å². The number of nitrogens with one attached hydrogen (secondary N) is 2. The molecule has 1 fully saturated rings. The van der Waals surface area contributed by atoms with Crippen LogP contribution in [0.3, 0.4) is 0 Å². The third kappa shape index (κ3) is 2.66. The minimum Gasteiger partial charge on any atom is -0.382 e. The summed E-state index contributed by atoms with van der Waals surface area (Å²) in [6.07, 6.45) is 2.43. The van der Waals surface area contributed by atoms with E-state index in [0.29, 0.717) is 6.04 Å². The summed E-state index contributed by atoms with van der Waals surface area (Å²) in [5.74, 6) is 0.824. The monoisotopic (exact) mass is 219 g/mol. The molecule has 0 spiro atoms. The maximum absolute atomic E-state index is 10.7. The average molecular weight is 219 g/mol. The molecule has 1 saturated carbocycles. The first kappa shape index (κ1) is 10.8. The number of nitrogens with two attached hydrogens (primary N) is 1. The maximum Gasteiger partial charge on any atom is 0.316 e. The first-order chi connectivity index (χ1) is 7.63. The predicted octanol–water partition coefficient (Wildman–Crippen LogP) is 2.39. The molecule has 4 nitrogen and oxygen atoms in total. The van der Waals surface area contributed by atoms with Crippen LogP contribution in [0, 0.1) is 5.92 Å². The quantitative estimate of drug-likeness (QED) is 0.730. The second-order valence-electron chi connectivity index (χ2n) is 4.49. The Bertz CT molecular complexity index is 386. The zero-order valence-corrected chi connectivity index (χ0v) is 9.36. The number of urea groups is 1. The topological polar surface area (TPSA) is 67.2 Å². The Kier molecular flexibility index (Phi) is 2.99. The van der Waals surface area contributed by atoms with Crippen LogP contribution in [0.4, 0.5) is 16.2 Å². The zero-order chi connectivity index (χ0) is 11.5. The van der Waals surface area contributed by atoms with Crippen LogP contribution in [-0.2, 0) is 0 Å². The van der Waals surface area contributed by atoms with Crippen molar-refractivity contribution in [3.05, 3.63) is 24.3 Å². The van der Waals surface area contributed by atoms with Crippen molar-refractivity contribution in [1.29, 1.82) is 0 Å². The fourth-order valence-electron chi connectivity index (χ4n) is 2.08. The Morgan fingerprint density at radius 2 is 2.06 bits per heavy atom. The second-order valence-corrected chi connectivity index (χ2v) is 4.49. The SMILES string of the molecule is CC1CC(Nc2cccc(NC(N)=O)c2)C1. The van der Waals surface area contributed by atoms with E-state index in [1.807, 2.05) is 24.3 Å². The molecule has 1 aliphatic rings. The van der Waals surface area contributed by atoms with Gasteiger partial charge in [0.1, 0.15) is 0 Å². The van der Waals surface area contributed by atoms with Crippen molar-refractivity contribution in [2.24, 2.45) is 11.7 Å². The molecule has 1 aromatic rings. The minimum absolute atomic E-state index is 0.533. The smallest absolute Gasteiger partial charge is 0.316 e. The van der Waals surface area contributed by atoms with Crippen molar-refractivity contribution in [3.8, 4) is 0 Å². The third-order valence-corrected chi connectivity index (χ3v) is 2.87. The van der Waals surface area contributed by atoms with Crippen LogP contribution < -0.4 is 16.4 Å². The van der Waals surface area contributed by atoms with Gasteiger partial charge >= 0.3 is 6.03 Å². The van der Waals surface area contributed by atoms with Crippen molar-refractivity contribution in [2.75, 3.05) is 10.6 Å². The lowest BCUT2D eigenvalue weighted by atomic mass is 9.82. The largest absolute Gasteiger partial charge is 0.382 e. The van der Waals surface area contributed by atoms with Crippen LogP contribution in [0.2, 0.25) is 0 Å². The molecule has 0 unspecified atom stereocenters. The van der Waals surface area contributed by atoms with E-state index in [9.17, 15) is 4.79 Å². The van der Waals surface area contributed by atoms with E-state index in [0.717, 1.165) is 17.3 Å². The van der Waals surface area contributed by atoms with E-state index in [2.05, 4.69) is 17.6 Å². The normalized spacial score (nSPS) is 23.3. The van der Waals surface area contributed by atoms with Gasteiger partial charge in [-0.25, -0.2) is 4.79 Å². The van der Waals surface area contributed by atoms with Crippen LogP contribution >= 0.6 is 0 Å². The molecule has 0 aromatic heterocycles. The maximum atomic E-state index is 10.7. The highest BCUT2D eigenvalue weighted by Gasteiger charge is 2.24. The van der Waals surface area contributed by atoms with Crippen LogP contribution in [0.5, 0.6) is 0 Å². The van der Waals surface area contributed by atoms with Gasteiger partial charge in [0.25, 0.3) is 0 Å². The van der Waals surface area contributed by atoms with Gasteiger partial charge in [0.05, 0.1) is 0 Å². The molecule has 16 heavy (non-hydrogen) atoms. The molecule has 4 heteroatoms. The summed E-state index contributed by atoms with van der Waals surface area (Å²) in [6, 6.07) is 7.64. The Labute approximate surface area is 95.2 Å². The molecule has 0 radical (unpaired) electrons. The van der Waals surface area contributed by atoms with E-state index < -0.39 is 6.03 Å². The highest BCUT2D eigenvalue weighted by molar-refractivity contribution is 5.88. The molecule has 1 aliphatic carbocycles. The van der Waals surface area contributed by atoms with Crippen molar-refractivity contribution >= 4 is 17.4 Å². The lowest BCUT2D eigenvalue weighted by Gasteiger charge is -2.34. The Hall–Kier alpha value is -1.71. The van der Waals surface area contributed by atoms with Gasteiger partial charge in [0.2, 0.25) is 0 Å². The molecule has 1 aromatic carbocycles. The van der Waals surface area contributed by atoms with Crippen LogP contribution in [-0.4, -0.2) is 12.1 Å². The van der Waals surface area contributed by atoms with Gasteiger partial charge in [-0.3, -0.25) is 0 Å². The van der Waals surface area contributed by atoms with Gasteiger partial charge in [-0.2, -0.15) is 0 Å².